The summed E-state index contributed by atoms with van der Waals surface area (Å²) < 4.78 is 10.0. The highest BCUT2D eigenvalue weighted by atomic mass is 32.1. The molecule has 0 aromatic carbocycles. The van der Waals surface area contributed by atoms with Gasteiger partial charge in [-0.3, -0.25) is 4.79 Å². The summed E-state index contributed by atoms with van der Waals surface area (Å²) in [5, 5.41) is 4.06. The quantitative estimate of drug-likeness (QED) is 0.736. The number of carbonyl (C=O) groups excluding carboxylic acids is 1. The monoisotopic (exact) mass is 291 g/mol. The second-order valence-electron chi connectivity index (χ2n) is 4.27. The maximum Gasteiger partial charge on any atom is 0.246 e. The third kappa shape index (κ3) is 4.36. The van der Waals surface area contributed by atoms with E-state index in [1.807, 2.05) is 22.9 Å². The first kappa shape index (κ1) is 14.6. The molecule has 0 fully saturated rings. The highest BCUT2D eigenvalue weighted by Crippen LogP contribution is 2.10. The van der Waals surface area contributed by atoms with Gasteiger partial charge in [0.1, 0.15) is 0 Å². The van der Waals surface area contributed by atoms with Crippen LogP contribution in [0.3, 0.4) is 0 Å². The lowest BCUT2D eigenvalue weighted by molar-refractivity contribution is -0.127. The van der Waals surface area contributed by atoms with Crippen LogP contribution in [0.5, 0.6) is 0 Å². The number of methoxy groups -OCH3 is 1. The van der Waals surface area contributed by atoms with Gasteiger partial charge in [-0.25, -0.2) is 0 Å². The maximum absolute atomic E-state index is 12.2. The molecule has 20 heavy (non-hydrogen) atoms. The number of nitrogens with zero attached hydrogens (tertiary/aromatic N) is 1. The van der Waals surface area contributed by atoms with Crippen molar-refractivity contribution in [3.8, 4) is 0 Å². The lowest BCUT2D eigenvalue weighted by Crippen LogP contribution is -2.31. The molecule has 0 bridgehead atoms. The highest BCUT2D eigenvalue weighted by molar-refractivity contribution is 7.07. The van der Waals surface area contributed by atoms with Gasteiger partial charge in [-0.2, -0.15) is 11.3 Å². The predicted octanol–water partition coefficient (Wildman–Crippen LogP) is 3.03. The number of ether oxygens (including phenoxy) is 1. The van der Waals surface area contributed by atoms with Crippen LogP contribution in [0.4, 0.5) is 0 Å². The van der Waals surface area contributed by atoms with Crippen LogP contribution in [0.15, 0.2) is 45.9 Å². The van der Waals surface area contributed by atoms with Crippen LogP contribution in [0.2, 0.25) is 0 Å². The van der Waals surface area contributed by atoms with E-state index >= 15 is 0 Å². The zero-order valence-corrected chi connectivity index (χ0v) is 12.1. The smallest absolute Gasteiger partial charge is 0.246 e. The first-order chi connectivity index (χ1) is 9.79. The molecule has 106 valence electrons. The van der Waals surface area contributed by atoms with Crippen LogP contribution in [0, 0.1) is 0 Å². The van der Waals surface area contributed by atoms with E-state index < -0.39 is 0 Å². The molecule has 0 aliphatic carbocycles. The molecule has 5 heteroatoms. The molecule has 0 saturated carbocycles. The summed E-state index contributed by atoms with van der Waals surface area (Å²) in [5.41, 5.74) is 2.01. The van der Waals surface area contributed by atoms with Gasteiger partial charge in [0.05, 0.1) is 19.1 Å². The number of thiophene rings is 1. The second-order valence-corrected chi connectivity index (χ2v) is 5.05. The minimum absolute atomic E-state index is 0.0329. The average Bonchev–Trinajstić information content (AvgIpc) is 3.13. The Balaban J connectivity index is 1.99. The topological polar surface area (TPSA) is 42.7 Å². The van der Waals surface area contributed by atoms with E-state index in [0.29, 0.717) is 19.7 Å². The molecule has 4 nitrogen and oxygen atoms in total. The van der Waals surface area contributed by atoms with Crippen LogP contribution in [0.1, 0.15) is 11.1 Å². The van der Waals surface area contributed by atoms with E-state index in [-0.39, 0.29) is 5.91 Å². The van der Waals surface area contributed by atoms with Crippen molar-refractivity contribution < 1.29 is 13.9 Å². The molecule has 2 rings (SSSR count). The van der Waals surface area contributed by atoms with Gasteiger partial charge < -0.3 is 14.1 Å². The molecule has 2 aromatic heterocycles. The van der Waals surface area contributed by atoms with Crippen molar-refractivity contribution in [3.05, 3.63) is 52.6 Å². The van der Waals surface area contributed by atoms with Crippen LogP contribution in [0.25, 0.3) is 6.08 Å². The highest BCUT2D eigenvalue weighted by Gasteiger charge is 2.11. The molecule has 1 amide bonds. The van der Waals surface area contributed by atoms with Crippen LogP contribution < -0.4 is 0 Å². The third-order valence-corrected chi connectivity index (χ3v) is 3.52. The molecule has 0 atom stereocenters. The Kier molecular flexibility index (Phi) is 5.58. The third-order valence-electron chi connectivity index (χ3n) is 2.79. The molecule has 0 radical (unpaired) electrons. The molecule has 2 heterocycles. The summed E-state index contributed by atoms with van der Waals surface area (Å²) in [7, 11) is 1.63. The summed E-state index contributed by atoms with van der Waals surface area (Å²) in [4.78, 5) is 14.0. The standard InChI is InChI=1S/C15H17NO3S/c1-18-8-6-16(10-14-5-9-20-12-14)15(17)3-2-13-4-7-19-11-13/h2-5,7,9,11-12H,6,8,10H2,1H3/b3-2+. The normalized spacial score (nSPS) is 11.1. The van der Waals surface area contributed by atoms with Crippen molar-refractivity contribution in [1.82, 2.24) is 4.90 Å². The minimum atomic E-state index is -0.0329. The summed E-state index contributed by atoms with van der Waals surface area (Å²) in [6.07, 6.45) is 6.49. The number of carbonyl (C=O) groups is 1. The van der Waals surface area contributed by atoms with E-state index in [2.05, 4.69) is 0 Å². The van der Waals surface area contributed by atoms with E-state index in [4.69, 9.17) is 9.15 Å². The molecule has 0 aliphatic heterocycles. The van der Waals surface area contributed by atoms with Gasteiger partial charge >= 0.3 is 0 Å². The number of hydrogen-bond donors (Lipinski definition) is 0. The Morgan fingerprint density at radius 2 is 2.40 bits per heavy atom. The molecular weight excluding hydrogens is 274 g/mol. The Labute approximate surface area is 122 Å². The number of furan rings is 1. The Hall–Kier alpha value is -1.85. The summed E-state index contributed by atoms with van der Waals surface area (Å²) in [6.45, 7) is 1.69. The van der Waals surface area contributed by atoms with Crippen molar-refractivity contribution in [3.63, 3.8) is 0 Å². The van der Waals surface area contributed by atoms with Crippen molar-refractivity contribution in [2.24, 2.45) is 0 Å². The van der Waals surface area contributed by atoms with Gasteiger partial charge in [-0.05, 0) is 34.5 Å². The fourth-order valence-corrected chi connectivity index (χ4v) is 2.37. The lowest BCUT2D eigenvalue weighted by atomic mass is 10.2. The van der Waals surface area contributed by atoms with E-state index in [0.717, 1.165) is 11.1 Å². The van der Waals surface area contributed by atoms with Gasteiger partial charge in [-0.1, -0.05) is 0 Å². The van der Waals surface area contributed by atoms with Crippen LogP contribution in [-0.2, 0) is 16.1 Å². The SMILES string of the molecule is COCCN(Cc1ccsc1)C(=O)/C=C/c1ccoc1. The Morgan fingerprint density at radius 3 is 3.05 bits per heavy atom. The van der Waals surface area contributed by atoms with Crippen LogP contribution >= 0.6 is 11.3 Å². The molecular formula is C15H17NO3S. The van der Waals surface area contributed by atoms with E-state index in [1.54, 1.807) is 48.0 Å². The minimum Gasteiger partial charge on any atom is -0.472 e. The fourth-order valence-electron chi connectivity index (χ4n) is 1.71. The predicted molar refractivity (Wildman–Crippen MR) is 79.4 cm³/mol. The van der Waals surface area contributed by atoms with E-state index in [9.17, 15) is 4.79 Å². The number of rotatable bonds is 7. The van der Waals surface area contributed by atoms with Gasteiger partial charge in [0.25, 0.3) is 0 Å². The summed E-state index contributed by atoms with van der Waals surface area (Å²) in [5.74, 6) is -0.0329. The largest absolute Gasteiger partial charge is 0.472 e. The zero-order valence-electron chi connectivity index (χ0n) is 11.3. The Morgan fingerprint density at radius 1 is 1.50 bits per heavy atom. The van der Waals surface area contributed by atoms with Crippen molar-refractivity contribution in [2.75, 3.05) is 20.3 Å². The van der Waals surface area contributed by atoms with Crippen molar-refractivity contribution >= 4 is 23.3 Å². The Bertz CT molecular complexity index is 531. The maximum atomic E-state index is 12.2. The second kappa shape index (κ2) is 7.67. The lowest BCUT2D eigenvalue weighted by Gasteiger charge is -2.20. The average molecular weight is 291 g/mol. The molecule has 0 saturated heterocycles. The number of hydrogen-bond acceptors (Lipinski definition) is 4. The summed E-state index contributed by atoms with van der Waals surface area (Å²) in [6, 6.07) is 3.83. The number of amides is 1. The van der Waals surface area contributed by atoms with E-state index in [1.165, 1.54) is 0 Å². The molecule has 2 aromatic rings. The summed E-state index contributed by atoms with van der Waals surface area (Å²) >= 11 is 1.63. The van der Waals surface area contributed by atoms with Crippen molar-refractivity contribution in [2.45, 2.75) is 6.54 Å². The zero-order chi connectivity index (χ0) is 14.2. The molecule has 0 N–H and O–H groups in total. The van der Waals surface area contributed by atoms with Gasteiger partial charge in [0, 0.05) is 31.8 Å². The molecule has 0 unspecified atom stereocenters. The van der Waals surface area contributed by atoms with Crippen LogP contribution in [-0.4, -0.2) is 31.1 Å². The molecule has 0 spiro atoms. The van der Waals surface area contributed by atoms with Gasteiger partial charge in [0.15, 0.2) is 0 Å². The van der Waals surface area contributed by atoms with Gasteiger partial charge in [-0.15, -0.1) is 0 Å². The first-order valence-corrected chi connectivity index (χ1v) is 7.23. The fraction of sp³-hybridized carbons (Fsp3) is 0.267. The van der Waals surface area contributed by atoms with Gasteiger partial charge in [0.2, 0.25) is 5.91 Å². The first-order valence-electron chi connectivity index (χ1n) is 6.29. The van der Waals surface area contributed by atoms with Crippen molar-refractivity contribution in [1.29, 1.82) is 0 Å². The molecule has 0 aliphatic rings.